The first-order valence-electron chi connectivity index (χ1n) is 13.2. The predicted molar refractivity (Wildman–Crippen MR) is 165 cm³/mol. The lowest BCUT2D eigenvalue weighted by molar-refractivity contribution is 0.654. The zero-order chi connectivity index (χ0) is 28.0. The summed E-state index contributed by atoms with van der Waals surface area (Å²) in [7, 11) is 3.56. The van der Waals surface area contributed by atoms with Crippen LogP contribution in [0.1, 0.15) is 11.3 Å². The number of para-hydroxylation sites is 1. The van der Waals surface area contributed by atoms with Crippen LogP contribution in [0.3, 0.4) is 0 Å². The van der Waals surface area contributed by atoms with E-state index in [9.17, 15) is 9.59 Å². The smallest absolute Gasteiger partial charge is 0.328 e. The average molecular weight is 601 g/mol. The van der Waals surface area contributed by atoms with Crippen LogP contribution in [-0.4, -0.2) is 51.3 Å². The number of nitrogens with zero attached hydrogens (tertiary/aromatic N) is 6. The molecule has 0 amide bonds. The van der Waals surface area contributed by atoms with E-state index >= 15 is 0 Å². The van der Waals surface area contributed by atoms with Gasteiger partial charge < -0.3 is 9.80 Å². The highest BCUT2D eigenvalue weighted by molar-refractivity contribution is 9.10. The zero-order valence-electron chi connectivity index (χ0n) is 22.6. The number of anilines is 2. The lowest BCUT2D eigenvalue weighted by Crippen LogP contribution is -2.46. The fraction of sp³-hybridized carbons (Fsp3) is 0.233. The van der Waals surface area contributed by atoms with Gasteiger partial charge in [0.2, 0.25) is 0 Å². The van der Waals surface area contributed by atoms with Crippen molar-refractivity contribution in [1.29, 1.82) is 0 Å². The molecule has 204 valence electrons. The van der Waals surface area contributed by atoms with E-state index in [1.165, 1.54) is 10.4 Å². The number of benzene rings is 3. The number of nitrogens with one attached hydrogen (secondary N) is 1. The van der Waals surface area contributed by atoms with Gasteiger partial charge in [-0.3, -0.25) is 24.0 Å². The maximum atomic E-state index is 13.3. The predicted octanol–water partition coefficient (Wildman–Crippen LogP) is 4.50. The topological polar surface area (TPSA) is 83.6 Å². The van der Waals surface area contributed by atoms with Gasteiger partial charge in [-0.05, 0) is 55.5 Å². The second kappa shape index (κ2) is 10.3. The summed E-state index contributed by atoms with van der Waals surface area (Å²) in [6.45, 7) is 5.22. The van der Waals surface area contributed by atoms with Crippen molar-refractivity contribution in [3.05, 3.63) is 103 Å². The van der Waals surface area contributed by atoms with Crippen molar-refractivity contribution in [1.82, 2.24) is 18.9 Å². The molecule has 1 aliphatic rings. The largest absolute Gasteiger partial charge is 0.368 e. The third-order valence-electron chi connectivity index (χ3n) is 7.64. The van der Waals surface area contributed by atoms with Crippen LogP contribution in [0.2, 0.25) is 0 Å². The molecule has 10 heteroatoms. The minimum Gasteiger partial charge on any atom is -0.368 e. The van der Waals surface area contributed by atoms with Gasteiger partial charge in [-0.25, -0.2) is 9.48 Å². The molecule has 1 aliphatic heterocycles. The summed E-state index contributed by atoms with van der Waals surface area (Å²) in [6.07, 6.45) is 1.63. The number of aromatic nitrogens is 4. The number of fused-ring (bicyclic) bond motifs is 1. The quantitative estimate of drug-likeness (QED) is 0.301. The van der Waals surface area contributed by atoms with Crippen LogP contribution < -0.4 is 21.0 Å². The van der Waals surface area contributed by atoms with Crippen LogP contribution in [0.4, 0.5) is 17.1 Å². The molecule has 2 aromatic heterocycles. The van der Waals surface area contributed by atoms with E-state index in [1.54, 1.807) is 29.4 Å². The summed E-state index contributed by atoms with van der Waals surface area (Å²) in [5, 5.41) is 3.17. The lowest BCUT2D eigenvalue weighted by Gasteiger charge is -2.37. The van der Waals surface area contributed by atoms with Gasteiger partial charge in [0.15, 0.2) is 0 Å². The molecular weight excluding hydrogens is 570 g/mol. The highest BCUT2D eigenvalue weighted by Gasteiger charge is 2.22. The van der Waals surface area contributed by atoms with Crippen LogP contribution in [0.25, 0.3) is 16.7 Å². The Morgan fingerprint density at radius 1 is 0.825 bits per heavy atom. The summed E-state index contributed by atoms with van der Waals surface area (Å²) in [6, 6.07) is 22.0. The molecule has 5 aromatic rings. The van der Waals surface area contributed by atoms with Crippen molar-refractivity contribution < 1.29 is 0 Å². The first-order valence-corrected chi connectivity index (χ1v) is 14.0. The second-order valence-corrected chi connectivity index (χ2v) is 11.0. The molecule has 6 rings (SSSR count). The molecule has 40 heavy (non-hydrogen) atoms. The van der Waals surface area contributed by atoms with Crippen LogP contribution >= 0.6 is 15.9 Å². The van der Waals surface area contributed by atoms with Gasteiger partial charge in [-0.1, -0.05) is 34.1 Å². The Labute approximate surface area is 239 Å². The van der Waals surface area contributed by atoms with E-state index in [2.05, 4.69) is 55.1 Å². The van der Waals surface area contributed by atoms with E-state index in [0.717, 1.165) is 64.4 Å². The molecule has 0 unspecified atom stereocenters. The molecule has 0 spiro atoms. The van der Waals surface area contributed by atoms with E-state index in [4.69, 9.17) is 4.99 Å². The summed E-state index contributed by atoms with van der Waals surface area (Å²) in [5.41, 5.74) is 6.22. The first kappa shape index (κ1) is 25.9. The Morgan fingerprint density at radius 2 is 1.45 bits per heavy atom. The zero-order valence-corrected chi connectivity index (χ0v) is 24.2. The Bertz CT molecular complexity index is 1840. The molecule has 1 fully saturated rings. The highest BCUT2D eigenvalue weighted by atomic mass is 79.9. The van der Waals surface area contributed by atoms with Gasteiger partial charge in [0.25, 0.3) is 5.56 Å². The molecular formula is C30H30BrN7O2. The van der Waals surface area contributed by atoms with Gasteiger partial charge in [0.1, 0.15) is 0 Å². The highest BCUT2D eigenvalue weighted by Crippen LogP contribution is 2.34. The third-order valence-corrected chi connectivity index (χ3v) is 8.17. The Kier molecular flexibility index (Phi) is 6.71. The Morgan fingerprint density at radius 3 is 2.12 bits per heavy atom. The van der Waals surface area contributed by atoms with Gasteiger partial charge >= 0.3 is 5.69 Å². The van der Waals surface area contributed by atoms with Crippen molar-refractivity contribution in [2.75, 3.05) is 36.0 Å². The summed E-state index contributed by atoms with van der Waals surface area (Å²) in [5.74, 6) is 0. The molecule has 0 bridgehead atoms. The van der Waals surface area contributed by atoms with Crippen molar-refractivity contribution >= 4 is 50.2 Å². The van der Waals surface area contributed by atoms with Gasteiger partial charge in [0.05, 0.1) is 33.7 Å². The van der Waals surface area contributed by atoms with E-state index < -0.39 is 0 Å². The number of aliphatic imine (C=N–C) groups is 1. The van der Waals surface area contributed by atoms with Crippen LogP contribution in [0.15, 0.2) is 85.8 Å². The number of aromatic amines is 1. The molecule has 0 saturated carbocycles. The standard InChI is InChI=1S/C30H30BrN7O2/c1-20-24(29(39)38(33-20)23-11-9-21(31)10-12-23)19-32-25-17-27-28(35(3)30(40)34(27)2)18-26(25)37-15-13-36(14-16-37)22-7-5-4-6-8-22/h4-12,17-19,33H,13-16H2,1-3H3. The number of hydrogen-bond donors (Lipinski definition) is 1. The van der Waals surface area contributed by atoms with Crippen molar-refractivity contribution in [2.24, 2.45) is 19.1 Å². The lowest BCUT2D eigenvalue weighted by atomic mass is 10.1. The monoisotopic (exact) mass is 599 g/mol. The molecule has 0 atom stereocenters. The number of halogens is 1. The number of hydrogen-bond acceptors (Lipinski definition) is 5. The molecule has 0 aliphatic carbocycles. The summed E-state index contributed by atoms with van der Waals surface area (Å²) < 4.78 is 5.77. The molecule has 3 heterocycles. The molecule has 1 N–H and O–H groups in total. The van der Waals surface area contributed by atoms with Crippen LogP contribution in [0.5, 0.6) is 0 Å². The normalized spacial score (nSPS) is 14.1. The van der Waals surface area contributed by atoms with Crippen molar-refractivity contribution in [2.45, 2.75) is 6.92 Å². The fourth-order valence-electron chi connectivity index (χ4n) is 5.34. The van der Waals surface area contributed by atoms with Gasteiger partial charge in [-0.15, -0.1) is 0 Å². The van der Waals surface area contributed by atoms with Crippen molar-refractivity contribution in [3.8, 4) is 5.69 Å². The second-order valence-electron chi connectivity index (χ2n) is 10.1. The molecule has 3 aromatic carbocycles. The van der Waals surface area contributed by atoms with E-state index in [1.807, 2.05) is 49.4 Å². The maximum Gasteiger partial charge on any atom is 0.328 e. The van der Waals surface area contributed by atoms with Crippen molar-refractivity contribution in [3.63, 3.8) is 0 Å². The number of piperazine rings is 1. The average Bonchev–Trinajstić information content (AvgIpc) is 3.38. The third kappa shape index (κ3) is 4.58. The SMILES string of the molecule is Cc1[nH]n(-c2ccc(Br)cc2)c(=O)c1C=Nc1cc2c(cc1N1CCN(c3ccccc3)CC1)n(C)c(=O)n2C. The number of imidazole rings is 1. The van der Waals surface area contributed by atoms with Crippen LogP contribution in [-0.2, 0) is 14.1 Å². The Hall–Kier alpha value is -4.31. The summed E-state index contributed by atoms with van der Waals surface area (Å²) in [4.78, 5) is 35.6. The number of rotatable bonds is 5. The number of H-pyrrole nitrogens is 1. The molecule has 9 nitrogen and oxygen atoms in total. The Balaban J connectivity index is 1.38. The minimum absolute atomic E-state index is 0.0881. The first-order chi connectivity index (χ1) is 19.3. The maximum absolute atomic E-state index is 13.3. The van der Waals surface area contributed by atoms with Crippen LogP contribution in [0, 0.1) is 6.92 Å². The molecule has 1 saturated heterocycles. The minimum atomic E-state index is -0.171. The summed E-state index contributed by atoms with van der Waals surface area (Å²) >= 11 is 3.44. The molecule has 0 radical (unpaired) electrons. The fourth-order valence-corrected chi connectivity index (χ4v) is 5.61. The van der Waals surface area contributed by atoms with E-state index in [-0.39, 0.29) is 11.2 Å². The van der Waals surface area contributed by atoms with E-state index in [0.29, 0.717) is 5.56 Å². The number of aryl methyl sites for hydroxylation is 3. The van der Waals surface area contributed by atoms with Gasteiger partial charge in [-0.2, -0.15) is 0 Å². The van der Waals surface area contributed by atoms with Gasteiger partial charge in [0, 0.05) is 62.3 Å².